The largest absolute Gasteiger partial charge is 0.465 e. The lowest BCUT2D eigenvalue weighted by Crippen LogP contribution is -2.32. The molecule has 1 N–H and O–H groups in total. The van der Waals surface area contributed by atoms with Crippen LogP contribution in [0.2, 0.25) is 0 Å². The van der Waals surface area contributed by atoms with E-state index in [4.69, 9.17) is 4.74 Å². The molecule has 0 aromatic heterocycles. The fourth-order valence-corrected chi connectivity index (χ4v) is 3.72. The number of thioether (sulfide) groups is 1. The summed E-state index contributed by atoms with van der Waals surface area (Å²) in [7, 11) is 1.40. The molecule has 19 heavy (non-hydrogen) atoms. The van der Waals surface area contributed by atoms with E-state index < -0.39 is 0 Å². The molecular formula is C14H18BrNO2S. The lowest BCUT2D eigenvalue weighted by atomic mass is 10.1. The zero-order valence-corrected chi connectivity index (χ0v) is 13.4. The van der Waals surface area contributed by atoms with Gasteiger partial charge in [0.05, 0.1) is 12.7 Å². The molecule has 1 aromatic carbocycles. The standard InChI is InChI=1S/C14H18BrNO2S/c1-18-14(17)10-2-3-11(13(15)8-10)9-16-12-4-6-19-7-5-12/h2-3,8,12,16H,4-7,9H2,1H3. The molecule has 0 unspecified atom stereocenters. The third kappa shape index (κ3) is 4.23. The van der Waals surface area contributed by atoms with E-state index in [0.29, 0.717) is 11.6 Å². The molecule has 1 saturated heterocycles. The van der Waals surface area contributed by atoms with Crippen molar-refractivity contribution in [1.29, 1.82) is 0 Å². The number of methoxy groups -OCH3 is 1. The maximum atomic E-state index is 11.4. The van der Waals surface area contributed by atoms with E-state index in [1.54, 1.807) is 0 Å². The number of carbonyl (C=O) groups excluding carboxylic acids is 1. The molecule has 1 aromatic rings. The van der Waals surface area contributed by atoms with Crippen LogP contribution in [0.5, 0.6) is 0 Å². The number of benzene rings is 1. The minimum absolute atomic E-state index is 0.301. The summed E-state index contributed by atoms with van der Waals surface area (Å²) in [5.41, 5.74) is 1.75. The Balaban J connectivity index is 1.95. The van der Waals surface area contributed by atoms with Crippen LogP contribution in [0.4, 0.5) is 0 Å². The molecule has 1 heterocycles. The van der Waals surface area contributed by atoms with Crippen LogP contribution in [0, 0.1) is 0 Å². The molecule has 0 amide bonds. The summed E-state index contributed by atoms with van der Waals surface area (Å²) in [5, 5.41) is 3.58. The minimum atomic E-state index is -0.301. The van der Waals surface area contributed by atoms with Gasteiger partial charge in [-0.1, -0.05) is 22.0 Å². The summed E-state index contributed by atoms with van der Waals surface area (Å²) in [5.74, 6) is 2.20. The first-order valence-corrected chi connectivity index (χ1v) is 8.33. The average molecular weight is 344 g/mol. The van der Waals surface area contributed by atoms with Crippen LogP contribution in [-0.4, -0.2) is 30.6 Å². The zero-order chi connectivity index (χ0) is 13.7. The summed E-state index contributed by atoms with van der Waals surface area (Å²) in [6.45, 7) is 0.831. The van der Waals surface area contributed by atoms with Gasteiger partial charge in [-0.3, -0.25) is 0 Å². The molecule has 0 atom stereocenters. The Morgan fingerprint density at radius 3 is 2.84 bits per heavy atom. The monoisotopic (exact) mass is 343 g/mol. The van der Waals surface area contributed by atoms with Crippen LogP contribution in [0.3, 0.4) is 0 Å². The van der Waals surface area contributed by atoms with Gasteiger partial charge in [-0.05, 0) is 42.0 Å². The average Bonchev–Trinajstić information content (AvgIpc) is 2.46. The van der Waals surface area contributed by atoms with Crippen LogP contribution < -0.4 is 5.32 Å². The van der Waals surface area contributed by atoms with Crippen molar-refractivity contribution in [3.63, 3.8) is 0 Å². The van der Waals surface area contributed by atoms with E-state index in [0.717, 1.165) is 11.0 Å². The Hall–Kier alpha value is -0.520. The second-order valence-corrected chi connectivity index (χ2v) is 6.64. The number of carbonyl (C=O) groups is 1. The van der Waals surface area contributed by atoms with Gasteiger partial charge in [0.25, 0.3) is 0 Å². The van der Waals surface area contributed by atoms with Crippen LogP contribution in [0.15, 0.2) is 22.7 Å². The van der Waals surface area contributed by atoms with Gasteiger partial charge in [-0.25, -0.2) is 4.79 Å². The molecule has 104 valence electrons. The Labute approximate surface area is 126 Å². The van der Waals surface area contributed by atoms with Crippen molar-refractivity contribution in [2.24, 2.45) is 0 Å². The Bertz CT molecular complexity index is 447. The Morgan fingerprint density at radius 2 is 2.21 bits per heavy atom. The third-order valence-electron chi connectivity index (χ3n) is 3.28. The molecule has 1 fully saturated rings. The minimum Gasteiger partial charge on any atom is -0.465 e. The highest BCUT2D eigenvalue weighted by atomic mass is 79.9. The molecule has 5 heteroatoms. The number of nitrogens with one attached hydrogen (secondary N) is 1. The van der Waals surface area contributed by atoms with Gasteiger partial charge in [0.1, 0.15) is 0 Å². The normalized spacial score (nSPS) is 16.3. The number of ether oxygens (including phenoxy) is 1. The quantitative estimate of drug-likeness (QED) is 0.852. The molecule has 0 saturated carbocycles. The fourth-order valence-electron chi connectivity index (χ4n) is 2.09. The predicted octanol–water partition coefficient (Wildman–Crippen LogP) is 3.22. The van der Waals surface area contributed by atoms with Crippen LogP contribution in [0.25, 0.3) is 0 Å². The summed E-state index contributed by atoms with van der Waals surface area (Å²) < 4.78 is 5.66. The van der Waals surface area contributed by atoms with Gasteiger partial charge in [-0.2, -0.15) is 11.8 Å². The number of hydrogen-bond acceptors (Lipinski definition) is 4. The van der Waals surface area contributed by atoms with E-state index >= 15 is 0 Å². The third-order valence-corrected chi connectivity index (χ3v) is 5.06. The molecule has 1 aliphatic rings. The van der Waals surface area contributed by atoms with Crippen molar-refractivity contribution in [1.82, 2.24) is 5.32 Å². The molecule has 0 radical (unpaired) electrons. The molecular weight excluding hydrogens is 326 g/mol. The highest BCUT2D eigenvalue weighted by molar-refractivity contribution is 9.10. The van der Waals surface area contributed by atoms with E-state index in [9.17, 15) is 4.79 Å². The number of esters is 1. The van der Waals surface area contributed by atoms with E-state index in [2.05, 4.69) is 21.2 Å². The maximum absolute atomic E-state index is 11.4. The van der Waals surface area contributed by atoms with Crippen molar-refractivity contribution >= 4 is 33.7 Å². The highest BCUT2D eigenvalue weighted by Gasteiger charge is 2.14. The first-order chi connectivity index (χ1) is 9.20. The zero-order valence-electron chi connectivity index (χ0n) is 10.9. The number of halogens is 1. The smallest absolute Gasteiger partial charge is 0.337 e. The molecule has 3 nitrogen and oxygen atoms in total. The van der Waals surface area contributed by atoms with Crippen LogP contribution >= 0.6 is 27.7 Å². The van der Waals surface area contributed by atoms with Crippen LogP contribution in [0.1, 0.15) is 28.8 Å². The van der Waals surface area contributed by atoms with Crippen molar-refractivity contribution in [2.75, 3.05) is 18.6 Å². The summed E-state index contributed by atoms with van der Waals surface area (Å²) in [6, 6.07) is 6.22. The van der Waals surface area contributed by atoms with Crippen LogP contribution in [-0.2, 0) is 11.3 Å². The summed E-state index contributed by atoms with van der Waals surface area (Å²) in [4.78, 5) is 11.4. The predicted molar refractivity (Wildman–Crippen MR) is 82.7 cm³/mol. The molecule has 0 aliphatic carbocycles. The van der Waals surface area contributed by atoms with Crippen molar-refractivity contribution in [3.05, 3.63) is 33.8 Å². The van der Waals surface area contributed by atoms with Crippen molar-refractivity contribution < 1.29 is 9.53 Å². The molecule has 0 spiro atoms. The van der Waals surface area contributed by atoms with Crippen molar-refractivity contribution in [3.8, 4) is 0 Å². The van der Waals surface area contributed by atoms with Gasteiger partial charge in [0, 0.05) is 17.1 Å². The van der Waals surface area contributed by atoms with E-state index in [1.807, 2.05) is 30.0 Å². The maximum Gasteiger partial charge on any atom is 0.337 e. The first kappa shape index (κ1) is 14.9. The topological polar surface area (TPSA) is 38.3 Å². The number of hydrogen-bond donors (Lipinski definition) is 1. The van der Waals surface area contributed by atoms with Gasteiger partial charge in [0.2, 0.25) is 0 Å². The Kier molecular flexibility index (Phi) is 5.73. The Morgan fingerprint density at radius 1 is 1.47 bits per heavy atom. The van der Waals surface area contributed by atoms with Gasteiger partial charge in [-0.15, -0.1) is 0 Å². The molecule has 0 bridgehead atoms. The van der Waals surface area contributed by atoms with E-state index in [-0.39, 0.29) is 5.97 Å². The number of rotatable bonds is 4. The lowest BCUT2D eigenvalue weighted by molar-refractivity contribution is 0.0600. The first-order valence-electron chi connectivity index (χ1n) is 6.38. The second-order valence-electron chi connectivity index (χ2n) is 4.57. The molecule has 2 rings (SSSR count). The fraction of sp³-hybridized carbons (Fsp3) is 0.500. The lowest BCUT2D eigenvalue weighted by Gasteiger charge is -2.23. The van der Waals surface area contributed by atoms with E-state index in [1.165, 1.54) is 37.0 Å². The SMILES string of the molecule is COC(=O)c1ccc(CNC2CCSCC2)c(Br)c1. The van der Waals surface area contributed by atoms with Gasteiger partial charge >= 0.3 is 5.97 Å². The second kappa shape index (κ2) is 7.31. The highest BCUT2D eigenvalue weighted by Crippen LogP contribution is 2.21. The van der Waals surface area contributed by atoms with Gasteiger partial charge < -0.3 is 10.1 Å². The summed E-state index contributed by atoms with van der Waals surface area (Å²) >= 11 is 5.55. The van der Waals surface area contributed by atoms with Crippen molar-refractivity contribution in [2.45, 2.75) is 25.4 Å². The summed E-state index contributed by atoms with van der Waals surface area (Å²) in [6.07, 6.45) is 2.48. The van der Waals surface area contributed by atoms with Gasteiger partial charge in [0.15, 0.2) is 0 Å². The molecule has 1 aliphatic heterocycles.